The molecule has 0 saturated carbocycles. The van der Waals surface area contributed by atoms with Crippen molar-refractivity contribution in [2.24, 2.45) is 0 Å². The standard InChI is InChI=1S/C3H6ClNO/c1-2-3-6-5-4/h2,5H,1,3H2. The van der Waals surface area contributed by atoms with Gasteiger partial charge in [0.05, 0.1) is 6.61 Å². The van der Waals surface area contributed by atoms with Gasteiger partial charge in [0.15, 0.2) is 0 Å². The summed E-state index contributed by atoms with van der Waals surface area (Å²) in [6.07, 6.45) is 1.59. The lowest BCUT2D eigenvalue weighted by Gasteiger charge is -1.87. The zero-order valence-corrected chi connectivity index (χ0v) is 4.03. The van der Waals surface area contributed by atoms with E-state index in [4.69, 9.17) is 11.8 Å². The molecule has 2 nitrogen and oxygen atoms in total. The molecule has 0 aliphatic rings. The predicted molar refractivity (Wildman–Crippen MR) is 25.1 cm³/mol. The van der Waals surface area contributed by atoms with E-state index in [1.807, 2.05) is 5.00 Å². The topological polar surface area (TPSA) is 21.3 Å². The van der Waals surface area contributed by atoms with Gasteiger partial charge in [-0.1, -0.05) is 6.08 Å². The minimum Gasteiger partial charge on any atom is -0.282 e. The van der Waals surface area contributed by atoms with Crippen LogP contribution in [0.5, 0.6) is 0 Å². The lowest BCUT2D eigenvalue weighted by Crippen LogP contribution is -1.98. The molecule has 3 heteroatoms. The van der Waals surface area contributed by atoms with Crippen molar-refractivity contribution in [2.75, 3.05) is 6.61 Å². The molecule has 0 atom stereocenters. The third kappa shape index (κ3) is 3.95. The van der Waals surface area contributed by atoms with Gasteiger partial charge in [0, 0.05) is 11.8 Å². The van der Waals surface area contributed by atoms with E-state index in [1.54, 1.807) is 6.08 Å². The Kier molecular flexibility index (Phi) is 4.91. The molecular formula is C3H6ClNO. The van der Waals surface area contributed by atoms with Gasteiger partial charge in [-0.25, -0.2) is 0 Å². The third-order valence-electron chi connectivity index (χ3n) is 0.256. The Balaban J connectivity index is 2.49. The molecule has 0 aromatic heterocycles. The van der Waals surface area contributed by atoms with Gasteiger partial charge in [0.1, 0.15) is 0 Å². The summed E-state index contributed by atoms with van der Waals surface area (Å²) in [5.74, 6) is 0. The summed E-state index contributed by atoms with van der Waals surface area (Å²) in [6.45, 7) is 3.81. The Morgan fingerprint density at radius 2 is 2.67 bits per heavy atom. The van der Waals surface area contributed by atoms with Crippen molar-refractivity contribution >= 4 is 11.8 Å². The van der Waals surface area contributed by atoms with E-state index in [9.17, 15) is 0 Å². The SMILES string of the molecule is C=CCONCl. The monoisotopic (exact) mass is 107 g/mol. The van der Waals surface area contributed by atoms with Crippen LogP contribution in [0.25, 0.3) is 0 Å². The summed E-state index contributed by atoms with van der Waals surface area (Å²) in [7, 11) is 0. The average Bonchev–Trinajstić information content (AvgIpc) is 1.61. The van der Waals surface area contributed by atoms with Crippen molar-refractivity contribution in [1.82, 2.24) is 5.00 Å². The molecule has 1 N–H and O–H groups in total. The molecule has 6 heavy (non-hydrogen) atoms. The summed E-state index contributed by atoms with van der Waals surface area (Å²) in [6, 6.07) is 0. The molecule has 0 aromatic carbocycles. The van der Waals surface area contributed by atoms with Crippen molar-refractivity contribution in [1.29, 1.82) is 0 Å². The summed E-state index contributed by atoms with van der Waals surface area (Å²) in [5.41, 5.74) is 0. The number of hydrogen-bond acceptors (Lipinski definition) is 2. The largest absolute Gasteiger partial charge is 0.282 e. The van der Waals surface area contributed by atoms with Crippen LogP contribution >= 0.6 is 11.8 Å². The fourth-order valence-electron chi connectivity index (χ4n) is 0.0904. The second-order valence-corrected chi connectivity index (χ2v) is 0.831. The third-order valence-corrected chi connectivity index (χ3v) is 0.365. The second-order valence-electron chi connectivity index (χ2n) is 0.677. The first kappa shape index (κ1) is 5.95. The molecule has 0 amide bonds. The van der Waals surface area contributed by atoms with Crippen molar-refractivity contribution in [3.05, 3.63) is 12.7 Å². The summed E-state index contributed by atoms with van der Waals surface area (Å²) < 4.78 is 0. The van der Waals surface area contributed by atoms with E-state index >= 15 is 0 Å². The molecule has 0 saturated heterocycles. The second kappa shape index (κ2) is 4.95. The van der Waals surface area contributed by atoms with Crippen LogP contribution in [0.4, 0.5) is 0 Å². The van der Waals surface area contributed by atoms with E-state index in [-0.39, 0.29) is 0 Å². The number of hydrogen-bond donors (Lipinski definition) is 1. The van der Waals surface area contributed by atoms with Crippen LogP contribution < -0.4 is 5.00 Å². The van der Waals surface area contributed by atoms with E-state index < -0.39 is 0 Å². The van der Waals surface area contributed by atoms with Gasteiger partial charge in [-0.2, -0.15) is 0 Å². The molecule has 0 bridgehead atoms. The van der Waals surface area contributed by atoms with Crippen LogP contribution in [0.15, 0.2) is 12.7 Å². The quantitative estimate of drug-likeness (QED) is 0.250. The fraction of sp³-hybridized carbons (Fsp3) is 0.333. The molecule has 0 aromatic rings. The van der Waals surface area contributed by atoms with Crippen molar-refractivity contribution in [2.45, 2.75) is 0 Å². The smallest absolute Gasteiger partial charge is 0.0876 e. The van der Waals surface area contributed by atoms with Crippen LogP contribution in [-0.4, -0.2) is 6.61 Å². The Labute approximate surface area is 41.8 Å². The zero-order chi connectivity index (χ0) is 4.83. The van der Waals surface area contributed by atoms with Crippen LogP contribution in [0.3, 0.4) is 0 Å². The first-order chi connectivity index (χ1) is 2.91. The normalized spacial score (nSPS) is 8.17. The first-order valence-corrected chi connectivity index (χ1v) is 1.88. The van der Waals surface area contributed by atoms with Gasteiger partial charge >= 0.3 is 0 Å². The van der Waals surface area contributed by atoms with Crippen molar-refractivity contribution in [3.63, 3.8) is 0 Å². The van der Waals surface area contributed by atoms with Crippen LogP contribution in [0.2, 0.25) is 0 Å². The van der Waals surface area contributed by atoms with Crippen molar-refractivity contribution < 1.29 is 4.84 Å². The van der Waals surface area contributed by atoms with Gasteiger partial charge in [-0.15, -0.1) is 11.6 Å². The average molecular weight is 108 g/mol. The molecule has 0 unspecified atom stereocenters. The lowest BCUT2D eigenvalue weighted by molar-refractivity contribution is 0.122. The van der Waals surface area contributed by atoms with E-state index in [0.717, 1.165) is 0 Å². The molecule has 0 aliphatic heterocycles. The highest BCUT2D eigenvalue weighted by molar-refractivity contribution is 6.12. The maximum absolute atomic E-state index is 4.86. The number of rotatable bonds is 3. The fourth-order valence-corrected chi connectivity index (χ4v) is 0.153. The highest BCUT2D eigenvalue weighted by Crippen LogP contribution is 1.66. The van der Waals surface area contributed by atoms with E-state index in [0.29, 0.717) is 6.61 Å². The maximum Gasteiger partial charge on any atom is 0.0876 e. The minimum absolute atomic E-state index is 0.434. The zero-order valence-electron chi connectivity index (χ0n) is 3.28. The first-order valence-electron chi connectivity index (χ1n) is 1.50. The highest BCUT2D eigenvalue weighted by Gasteiger charge is 1.68. The Hall–Kier alpha value is -0.0500. The Morgan fingerprint density at radius 1 is 2.00 bits per heavy atom. The van der Waals surface area contributed by atoms with Gasteiger partial charge in [-0.05, 0) is 0 Å². The summed E-state index contributed by atoms with van der Waals surface area (Å²) in [4.78, 5) is 6.35. The van der Waals surface area contributed by atoms with Crippen LogP contribution in [0.1, 0.15) is 0 Å². The minimum atomic E-state index is 0.434. The Bertz CT molecular complexity index is 39.8. The van der Waals surface area contributed by atoms with Gasteiger partial charge in [-0.3, -0.25) is 4.84 Å². The molecule has 0 rings (SSSR count). The molecule has 0 heterocycles. The predicted octanol–water partition coefficient (Wildman–Crippen LogP) is 0.847. The van der Waals surface area contributed by atoms with Gasteiger partial charge in [0.2, 0.25) is 0 Å². The number of halogens is 1. The highest BCUT2D eigenvalue weighted by atomic mass is 35.5. The van der Waals surface area contributed by atoms with Gasteiger partial charge < -0.3 is 0 Å². The lowest BCUT2D eigenvalue weighted by atomic mass is 10.7. The van der Waals surface area contributed by atoms with Crippen LogP contribution in [-0.2, 0) is 4.84 Å². The molecular weight excluding hydrogens is 101 g/mol. The maximum atomic E-state index is 4.86. The van der Waals surface area contributed by atoms with Crippen molar-refractivity contribution in [3.8, 4) is 0 Å². The summed E-state index contributed by atoms with van der Waals surface area (Å²) in [5, 5.41) is 0. The molecule has 0 aliphatic carbocycles. The number of nitrogens with one attached hydrogen (secondary N) is 1. The van der Waals surface area contributed by atoms with Crippen LogP contribution in [0, 0.1) is 0 Å². The Morgan fingerprint density at radius 3 is 2.83 bits per heavy atom. The molecule has 0 fully saturated rings. The van der Waals surface area contributed by atoms with E-state index in [1.165, 1.54) is 0 Å². The molecule has 36 valence electrons. The van der Waals surface area contributed by atoms with E-state index in [2.05, 4.69) is 11.4 Å². The molecule has 0 spiro atoms. The molecule has 0 radical (unpaired) electrons. The van der Waals surface area contributed by atoms with Gasteiger partial charge in [0.25, 0.3) is 0 Å². The summed E-state index contributed by atoms with van der Waals surface area (Å²) >= 11 is 4.86.